The van der Waals surface area contributed by atoms with Crippen LogP contribution < -0.4 is 15.5 Å². The van der Waals surface area contributed by atoms with Crippen molar-refractivity contribution in [2.24, 2.45) is 0 Å². The number of carbonyl (C=O) groups is 2. The Bertz CT molecular complexity index is 1450. The first-order chi connectivity index (χ1) is 17.6. The average molecular weight is 565 g/mol. The van der Waals surface area contributed by atoms with Gasteiger partial charge in [0.2, 0.25) is 0 Å². The molecule has 4 heterocycles. The maximum atomic E-state index is 13.3. The van der Waals surface area contributed by atoms with Crippen LogP contribution >= 0.6 is 27.3 Å². The zero-order valence-corrected chi connectivity index (χ0v) is 21.4. The van der Waals surface area contributed by atoms with E-state index in [-0.39, 0.29) is 11.9 Å². The third-order valence-electron chi connectivity index (χ3n) is 6.13. The van der Waals surface area contributed by atoms with Crippen LogP contribution in [0.15, 0.2) is 59.3 Å². The Morgan fingerprint density at radius 3 is 2.58 bits per heavy atom. The molecular formula is C25H21BrN6O3S. The van der Waals surface area contributed by atoms with Crippen LogP contribution in [0.25, 0.3) is 10.2 Å². The van der Waals surface area contributed by atoms with Crippen LogP contribution in [0.1, 0.15) is 15.2 Å². The van der Waals surface area contributed by atoms with Gasteiger partial charge in [0.25, 0.3) is 5.91 Å². The highest BCUT2D eigenvalue weighted by molar-refractivity contribution is 9.10. The zero-order valence-electron chi connectivity index (χ0n) is 19.0. The van der Waals surface area contributed by atoms with E-state index in [1.54, 1.807) is 0 Å². The van der Waals surface area contributed by atoms with Crippen molar-refractivity contribution in [2.75, 3.05) is 41.8 Å². The summed E-state index contributed by atoms with van der Waals surface area (Å²) in [6, 6.07) is 14.8. The third-order valence-corrected chi connectivity index (χ3v) is 7.75. The second-order valence-electron chi connectivity index (χ2n) is 8.47. The number of benzene rings is 2. The lowest BCUT2D eigenvalue weighted by atomic mass is 10.1. The minimum atomic E-state index is -0.385. The molecule has 11 heteroatoms. The van der Waals surface area contributed by atoms with Crippen LogP contribution in [0.2, 0.25) is 0 Å². The molecule has 182 valence electrons. The number of amides is 3. The van der Waals surface area contributed by atoms with E-state index in [1.807, 2.05) is 48.5 Å². The van der Waals surface area contributed by atoms with Gasteiger partial charge in [0, 0.05) is 29.8 Å². The summed E-state index contributed by atoms with van der Waals surface area (Å²) in [5.74, 6) is 0.140. The van der Waals surface area contributed by atoms with Gasteiger partial charge in [0.15, 0.2) is 5.82 Å². The van der Waals surface area contributed by atoms with Crippen molar-refractivity contribution in [1.29, 1.82) is 0 Å². The number of nitrogens with zero attached hydrogens (tertiary/aromatic N) is 4. The Balaban J connectivity index is 1.26. The number of carbonyl (C=O) groups excluding carboxylic acids is 2. The molecule has 0 aliphatic carbocycles. The first kappa shape index (κ1) is 23.0. The fourth-order valence-electron chi connectivity index (χ4n) is 4.35. The molecule has 0 radical (unpaired) electrons. The Morgan fingerprint density at radius 2 is 1.83 bits per heavy atom. The van der Waals surface area contributed by atoms with Crippen LogP contribution in [0.4, 0.5) is 27.7 Å². The average Bonchev–Trinajstić information content (AvgIpc) is 3.26. The standard InChI is InChI=1S/C25H21BrN6O3S/c26-16-3-7-18(8-4-16)32-22-19-20(30-25(32)34)21(36-24(19)28-14-27-22)23(33)29-17-5-1-15(2-6-17)13-31-9-11-35-12-10-31/h1-8,14H,9-13H2,(H,29,33)(H,30,34). The molecule has 0 spiro atoms. The lowest BCUT2D eigenvalue weighted by Crippen LogP contribution is -2.35. The summed E-state index contributed by atoms with van der Waals surface area (Å²) in [5, 5.41) is 6.49. The third kappa shape index (κ3) is 4.35. The van der Waals surface area contributed by atoms with Crippen LogP contribution in [-0.2, 0) is 11.3 Å². The van der Waals surface area contributed by atoms with Crippen LogP contribution in [-0.4, -0.2) is 53.1 Å². The van der Waals surface area contributed by atoms with E-state index >= 15 is 0 Å². The summed E-state index contributed by atoms with van der Waals surface area (Å²) in [7, 11) is 0. The molecule has 2 N–H and O–H groups in total. The summed E-state index contributed by atoms with van der Waals surface area (Å²) in [4.78, 5) is 40.0. The van der Waals surface area contributed by atoms with E-state index < -0.39 is 0 Å². The van der Waals surface area contributed by atoms with Crippen molar-refractivity contribution in [3.8, 4) is 0 Å². The molecule has 0 atom stereocenters. The molecule has 3 amide bonds. The zero-order chi connectivity index (χ0) is 24.6. The number of anilines is 4. The van der Waals surface area contributed by atoms with Crippen molar-refractivity contribution in [3.63, 3.8) is 0 Å². The summed E-state index contributed by atoms with van der Waals surface area (Å²) in [6.45, 7) is 4.21. The highest BCUT2D eigenvalue weighted by Crippen LogP contribution is 2.44. The van der Waals surface area contributed by atoms with E-state index in [2.05, 4.69) is 41.4 Å². The minimum absolute atomic E-state index is 0.308. The van der Waals surface area contributed by atoms with Crippen LogP contribution in [0, 0.1) is 0 Å². The van der Waals surface area contributed by atoms with Gasteiger partial charge in [-0.15, -0.1) is 11.3 Å². The molecule has 0 bridgehead atoms. The Kier molecular flexibility index (Phi) is 6.13. The van der Waals surface area contributed by atoms with Gasteiger partial charge in [-0.25, -0.2) is 19.7 Å². The van der Waals surface area contributed by atoms with E-state index in [0.29, 0.717) is 38.0 Å². The predicted molar refractivity (Wildman–Crippen MR) is 143 cm³/mol. The maximum absolute atomic E-state index is 13.3. The van der Waals surface area contributed by atoms with Crippen molar-refractivity contribution in [1.82, 2.24) is 14.9 Å². The second kappa shape index (κ2) is 9.58. The number of thiophene rings is 1. The van der Waals surface area contributed by atoms with Crippen molar-refractivity contribution >= 4 is 72.3 Å². The number of morpholine rings is 1. The van der Waals surface area contributed by atoms with Crippen molar-refractivity contribution in [2.45, 2.75) is 6.54 Å². The number of hydrogen-bond acceptors (Lipinski definition) is 7. The fourth-order valence-corrected chi connectivity index (χ4v) is 5.61. The molecular weight excluding hydrogens is 544 g/mol. The van der Waals surface area contributed by atoms with E-state index in [1.165, 1.54) is 28.1 Å². The van der Waals surface area contributed by atoms with Gasteiger partial charge in [-0.1, -0.05) is 28.1 Å². The number of nitrogens with one attached hydrogen (secondary N) is 2. The number of ether oxygens (including phenoxy) is 1. The van der Waals surface area contributed by atoms with Crippen molar-refractivity contribution in [3.05, 3.63) is 69.8 Å². The molecule has 6 rings (SSSR count). The van der Waals surface area contributed by atoms with E-state index in [9.17, 15) is 9.59 Å². The second-order valence-corrected chi connectivity index (χ2v) is 10.4. The molecule has 4 aromatic rings. The van der Waals surface area contributed by atoms with Crippen molar-refractivity contribution < 1.29 is 14.3 Å². The monoisotopic (exact) mass is 564 g/mol. The lowest BCUT2D eigenvalue weighted by Gasteiger charge is -2.27. The number of hydrogen-bond donors (Lipinski definition) is 2. The molecule has 2 aliphatic heterocycles. The van der Waals surface area contributed by atoms with Gasteiger partial charge in [-0.2, -0.15) is 0 Å². The van der Waals surface area contributed by atoms with E-state index in [4.69, 9.17) is 4.74 Å². The summed E-state index contributed by atoms with van der Waals surface area (Å²) < 4.78 is 6.31. The Morgan fingerprint density at radius 1 is 1.08 bits per heavy atom. The van der Waals surface area contributed by atoms with Crippen LogP contribution in [0.5, 0.6) is 0 Å². The molecule has 1 fully saturated rings. The van der Waals surface area contributed by atoms with Gasteiger partial charge < -0.3 is 15.4 Å². The summed E-state index contributed by atoms with van der Waals surface area (Å²) >= 11 is 4.65. The van der Waals surface area contributed by atoms with Gasteiger partial charge in [-0.3, -0.25) is 9.69 Å². The van der Waals surface area contributed by atoms with Gasteiger partial charge in [0.05, 0.1) is 30.0 Å². The highest BCUT2D eigenvalue weighted by Gasteiger charge is 2.33. The maximum Gasteiger partial charge on any atom is 0.332 e. The number of halogens is 1. The van der Waals surface area contributed by atoms with Gasteiger partial charge >= 0.3 is 6.03 Å². The first-order valence-corrected chi connectivity index (χ1v) is 13.0. The normalized spacial score (nSPS) is 15.7. The number of aromatic nitrogens is 2. The molecule has 2 aromatic heterocycles. The quantitative estimate of drug-likeness (QED) is 0.344. The largest absolute Gasteiger partial charge is 0.379 e. The molecule has 2 aliphatic rings. The molecule has 0 unspecified atom stereocenters. The Labute approximate surface area is 219 Å². The topological polar surface area (TPSA) is 99.7 Å². The molecule has 36 heavy (non-hydrogen) atoms. The summed E-state index contributed by atoms with van der Waals surface area (Å²) in [6.07, 6.45) is 1.41. The fraction of sp³-hybridized carbons (Fsp3) is 0.200. The summed E-state index contributed by atoms with van der Waals surface area (Å²) in [5.41, 5.74) is 2.95. The number of rotatable bonds is 5. The molecule has 2 aromatic carbocycles. The smallest absolute Gasteiger partial charge is 0.332 e. The van der Waals surface area contributed by atoms with Crippen LogP contribution in [0.3, 0.4) is 0 Å². The van der Waals surface area contributed by atoms with E-state index in [0.717, 1.165) is 37.3 Å². The molecule has 9 nitrogen and oxygen atoms in total. The first-order valence-electron chi connectivity index (χ1n) is 11.4. The number of urea groups is 1. The highest BCUT2D eigenvalue weighted by atomic mass is 79.9. The SMILES string of the molecule is O=C(Nc1ccc(CN2CCOCC2)cc1)c1sc2ncnc3c2c1NC(=O)N3c1ccc(Br)cc1. The minimum Gasteiger partial charge on any atom is -0.379 e. The molecule has 1 saturated heterocycles. The lowest BCUT2D eigenvalue weighted by molar-refractivity contribution is 0.0342. The Hall–Kier alpha value is -3.38. The van der Waals surface area contributed by atoms with Gasteiger partial charge in [-0.05, 0) is 42.0 Å². The van der Waals surface area contributed by atoms with Gasteiger partial charge in [0.1, 0.15) is 16.0 Å². The predicted octanol–water partition coefficient (Wildman–Crippen LogP) is 5.22. The molecule has 0 saturated carbocycles.